The molecule has 0 aliphatic heterocycles. The van der Waals surface area contributed by atoms with Gasteiger partial charge in [0.1, 0.15) is 0 Å². The molecule has 0 saturated carbocycles. The van der Waals surface area contributed by atoms with E-state index in [0.717, 1.165) is 4.90 Å². The van der Waals surface area contributed by atoms with Gasteiger partial charge in [0.05, 0.1) is 0 Å². The van der Waals surface area contributed by atoms with E-state index in [-0.39, 0.29) is 17.7 Å². The molecule has 0 unspecified atom stereocenters. The van der Waals surface area contributed by atoms with E-state index in [1.54, 1.807) is 19.1 Å². The number of carbonyl (C=O) groups is 4. The topological polar surface area (TPSA) is 71.5 Å². The molecule has 5 heteroatoms. The predicted molar refractivity (Wildman–Crippen MR) is 67.0 cm³/mol. The Kier molecular flexibility index (Phi) is 3.29. The van der Waals surface area contributed by atoms with Crippen molar-refractivity contribution in [1.29, 1.82) is 0 Å². The quantitative estimate of drug-likeness (QED) is 0.583. The van der Waals surface area contributed by atoms with Gasteiger partial charge in [-0.1, -0.05) is 24.3 Å². The maximum absolute atomic E-state index is 12.3. The molecule has 0 saturated heterocycles. The summed E-state index contributed by atoms with van der Waals surface area (Å²) in [6.45, 7) is 3.13. The molecule has 0 spiro atoms. The summed E-state index contributed by atoms with van der Waals surface area (Å²) in [5.74, 6) is -2.43. The SMILES string of the molecule is CCN(C(C)=O)[C@@H]1C(=O)C(=O)c2ccccc2C1=O. The molecule has 0 heterocycles. The summed E-state index contributed by atoms with van der Waals surface area (Å²) in [7, 11) is 0. The number of benzene rings is 1. The van der Waals surface area contributed by atoms with Crippen LogP contribution in [0.1, 0.15) is 34.6 Å². The number of amides is 1. The van der Waals surface area contributed by atoms with Crippen LogP contribution >= 0.6 is 0 Å². The molecule has 1 aromatic rings. The van der Waals surface area contributed by atoms with Crippen molar-refractivity contribution in [1.82, 2.24) is 4.90 Å². The minimum Gasteiger partial charge on any atom is -0.325 e. The maximum Gasteiger partial charge on any atom is 0.233 e. The number of hydrogen-bond donors (Lipinski definition) is 0. The van der Waals surface area contributed by atoms with E-state index in [1.165, 1.54) is 19.1 Å². The normalized spacial score (nSPS) is 18.2. The van der Waals surface area contributed by atoms with E-state index in [2.05, 4.69) is 0 Å². The molecule has 1 aromatic carbocycles. The van der Waals surface area contributed by atoms with Gasteiger partial charge in [-0.15, -0.1) is 0 Å². The second kappa shape index (κ2) is 4.76. The zero-order chi connectivity index (χ0) is 14.2. The first-order chi connectivity index (χ1) is 8.99. The van der Waals surface area contributed by atoms with Gasteiger partial charge in [-0.2, -0.15) is 0 Å². The first kappa shape index (κ1) is 13.1. The molecule has 98 valence electrons. The fourth-order valence-corrected chi connectivity index (χ4v) is 2.29. The summed E-state index contributed by atoms with van der Waals surface area (Å²) < 4.78 is 0. The third kappa shape index (κ3) is 1.97. The average molecular weight is 259 g/mol. The van der Waals surface area contributed by atoms with Crippen LogP contribution in [0.2, 0.25) is 0 Å². The molecule has 0 radical (unpaired) electrons. The number of likely N-dealkylation sites (N-methyl/N-ethyl adjacent to an activating group) is 1. The zero-order valence-electron chi connectivity index (χ0n) is 10.7. The van der Waals surface area contributed by atoms with Gasteiger partial charge in [-0.3, -0.25) is 19.2 Å². The summed E-state index contributed by atoms with van der Waals surface area (Å²) in [5, 5.41) is 0. The van der Waals surface area contributed by atoms with Gasteiger partial charge in [0.25, 0.3) is 0 Å². The second-order valence-corrected chi connectivity index (χ2v) is 4.31. The van der Waals surface area contributed by atoms with Crippen molar-refractivity contribution in [3.63, 3.8) is 0 Å². The minimum atomic E-state index is -1.31. The van der Waals surface area contributed by atoms with Gasteiger partial charge in [-0.05, 0) is 6.92 Å². The van der Waals surface area contributed by atoms with Gasteiger partial charge < -0.3 is 4.90 Å². The van der Waals surface area contributed by atoms with Crippen molar-refractivity contribution in [3.8, 4) is 0 Å². The summed E-state index contributed by atoms with van der Waals surface area (Å²) >= 11 is 0. The van der Waals surface area contributed by atoms with E-state index >= 15 is 0 Å². The third-order valence-electron chi connectivity index (χ3n) is 3.21. The van der Waals surface area contributed by atoms with Crippen LogP contribution in [0.4, 0.5) is 0 Å². The van der Waals surface area contributed by atoms with Crippen molar-refractivity contribution in [2.45, 2.75) is 19.9 Å². The van der Waals surface area contributed by atoms with E-state index in [0.29, 0.717) is 0 Å². The van der Waals surface area contributed by atoms with Crippen LogP contribution < -0.4 is 0 Å². The Morgan fingerprint density at radius 2 is 1.68 bits per heavy atom. The zero-order valence-corrected chi connectivity index (χ0v) is 10.7. The number of fused-ring (bicyclic) bond motifs is 1. The predicted octanol–water partition coefficient (Wildman–Crippen LogP) is 0.872. The summed E-state index contributed by atoms with van der Waals surface area (Å²) in [4.78, 5) is 48.9. The Balaban J connectivity index is 2.55. The van der Waals surface area contributed by atoms with Crippen LogP contribution in [0.3, 0.4) is 0 Å². The Morgan fingerprint density at radius 3 is 2.21 bits per heavy atom. The van der Waals surface area contributed by atoms with Gasteiger partial charge in [0, 0.05) is 24.6 Å². The Hall–Kier alpha value is -2.30. The maximum atomic E-state index is 12.3. The molecule has 0 aromatic heterocycles. The largest absolute Gasteiger partial charge is 0.325 e. The standard InChI is InChI=1S/C14H13NO4/c1-3-15(8(2)16)11-12(17)9-6-4-5-7-10(9)13(18)14(11)19/h4-7,11H,3H2,1-2H3/t11-/m0/s1. The van der Waals surface area contributed by atoms with E-state index in [1.807, 2.05) is 0 Å². The van der Waals surface area contributed by atoms with Gasteiger partial charge >= 0.3 is 0 Å². The molecule has 1 aliphatic rings. The molecule has 1 aliphatic carbocycles. The number of rotatable bonds is 2. The number of nitrogens with zero attached hydrogens (tertiary/aromatic N) is 1. The molecule has 0 fully saturated rings. The smallest absolute Gasteiger partial charge is 0.233 e. The number of ketones is 3. The lowest BCUT2D eigenvalue weighted by Crippen LogP contribution is -2.54. The fraction of sp³-hybridized carbons (Fsp3) is 0.286. The molecule has 2 rings (SSSR count). The molecule has 19 heavy (non-hydrogen) atoms. The lowest BCUT2D eigenvalue weighted by atomic mass is 9.84. The van der Waals surface area contributed by atoms with Crippen LogP contribution in [-0.4, -0.2) is 40.7 Å². The van der Waals surface area contributed by atoms with Crippen LogP contribution in [0.25, 0.3) is 0 Å². The second-order valence-electron chi connectivity index (χ2n) is 4.31. The highest BCUT2D eigenvalue weighted by atomic mass is 16.2. The van der Waals surface area contributed by atoms with E-state index in [4.69, 9.17) is 0 Å². The number of hydrogen-bond acceptors (Lipinski definition) is 4. The van der Waals surface area contributed by atoms with E-state index in [9.17, 15) is 19.2 Å². The molecular formula is C14H13NO4. The number of Topliss-reactive ketones (excluding diaryl/α,β-unsaturated/α-hetero) is 3. The third-order valence-corrected chi connectivity index (χ3v) is 3.21. The summed E-state index contributed by atoms with van der Waals surface area (Å²) in [6, 6.07) is 4.86. The van der Waals surface area contributed by atoms with Crippen LogP contribution in [-0.2, 0) is 9.59 Å². The summed E-state index contributed by atoms with van der Waals surface area (Å²) in [5.41, 5.74) is 0.324. The van der Waals surface area contributed by atoms with Crippen LogP contribution in [0, 0.1) is 0 Å². The van der Waals surface area contributed by atoms with Crippen molar-refractivity contribution < 1.29 is 19.2 Å². The lowest BCUT2D eigenvalue weighted by Gasteiger charge is -2.30. The molecule has 1 atom stereocenters. The first-order valence-electron chi connectivity index (χ1n) is 5.98. The first-order valence-corrected chi connectivity index (χ1v) is 5.98. The van der Waals surface area contributed by atoms with E-state index < -0.39 is 29.3 Å². The fourth-order valence-electron chi connectivity index (χ4n) is 2.29. The monoisotopic (exact) mass is 259 g/mol. The van der Waals surface area contributed by atoms with Gasteiger partial charge in [0.2, 0.25) is 17.5 Å². The van der Waals surface area contributed by atoms with Crippen LogP contribution in [0.15, 0.2) is 24.3 Å². The minimum absolute atomic E-state index is 0.119. The average Bonchev–Trinajstić information content (AvgIpc) is 2.40. The highest BCUT2D eigenvalue weighted by Crippen LogP contribution is 2.22. The Bertz CT molecular complexity index is 591. The van der Waals surface area contributed by atoms with Crippen molar-refractivity contribution >= 4 is 23.3 Å². The molecule has 5 nitrogen and oxygen atoms in total. The summed E-state index contributed by atoms with van der Waals surface area (Å²) in [6.07, 6.45) is 0. The van der Waals surface area contributed by atoms with Crippen molar-refractivity contribution in [2.75, 3.05) is 6.54 Å². The van der Waals surface area contributed by atoms with Crippen molar-refractivity contribution in [2.24, 2.45) is 0 Å². The lowest BCUT2D eigenvalue weighted by molar-refractivity contribution is -0.134. The van der Waals surface area contributed by atoms with Gasteiger partial charge in [-0.25, -0.2) is 0 Å². The molecule has 1 amide bonds. The molecule has 0 bridgehead atoms. The van der Waals surface area contributed by atoms with Gasteiger partial charge in [0.15, 0.2) is 11.8 Å². The Morgan fingerprint density at radius 1 is 1.11 bits per heavy atom. The molecule has 0 N–H and O–H groups in total. The molecular weight excluding hydrogens is 246 g/mol. The van der Waals surface area contributed by atoms with Crippen LogP contribution in [0.5, 0.6) is 0 Å². The number of carbonyl (C=O) groups excluding carboxylic acids is 4. The van der Waals surface area contributed by atoms with Crippen molar-refractivity contribution in [3.05, 3.63) is 35.4 Å². The highest BCUT2D eigenvalue weighted by molar-refractivity contribution is 6.53. The Labute approximate surface area is 110 Å². The highest BCUT2D eigenvalue weighted by Gasteiger charge is 2.43.